The number of carbonyl (C=O) groups is 3. The number of anilines is 1. The third-order valence-electron chi connectivity index (χ3n) is 6.78. The first-order chi connectivity index (χ1) is 16.7. The average Bonchev–Trinajstić information content (AvgIpc) is 3.42. The summed E-state index contributed by atoms with van der Waals surface area (Å²) >= 11 is 0. The molecule has 0 spiro atoms. The monoisotopic (exact) mass is 475 g/mol. The second-order valence-corrected chi connectivity index (χ2v) is 9.46. The standard InChI is InChI=1S/C27H33N5O3/c1-16(2)23(30-25(33)17(3)28-4)27(35)32-15-18-9-6-7-10-19(18)24(32)26(34)29-21-11-8-12-22-20(21)13-14-31(22)5/h6-14,16-17,23-24,28H,15H2,1-5H3,(H,29,34)(H,30,33)/t17-,23-,24?/m0/s1. The summed E-state index contributed by atoms with van der Waals surface area (Å²) in [6.07, 6.45) is 1.95. The predicted molar refractivity (Wildman–Crippen MR) is 137 cm³/mol. The van der Waals surface area contributed by atoms with Crippen LogP contribution in [-0.4, -0.2) is 46.3 Å². The molecule has 0 aliphatic carbocycles. The molecule has 1 aromatic heterocycles. The number of hydrogen-bond acceptors (Lipinski definition) is 4. The van der Waals surface area contributed by atoms with Gasteiger partial charge in [-0.1, -0.05) is 44.2 Å². The fraction of sp³-hybridized carbons (Fsp3) is 0.370. The summed E-state index contributed by atoms with van der Waals surface area (Å²) in [5, 5.41) is 9.77. The number of benzene rings is 2. The molecule has 184 valence electrons. The van der Waals surface area contributed by atoms with Gasteiger partial charge in [0.25, 0.3) is 5.91 Å². The number of amides is 3. The van der Waals surface area contributed by atoms with E-state index in [4.69, 9.17) is 0 Å². The molecule has 0 saturated carbocycles. The van der Waals surface area contributed by atoms with E-state index < -0.39 is 18.1 Å². The van der Waals surface area contributed by atoms with Crippen LogP contribution in [0.2, 0.25) is 0 Å². The minimum atomic E-state index is -0.794. The van der Waals surface area contributed by atoms with E-state index >= 15 is 0 Å². The van der Waals surface area contributed by atoms with Crippen molar-refractivity contribution in [2.24, 2.45) is 13.0 Å². The van der Waals surface area contributed by atoms with E-state index in [1.54, 1.807) is 18.9 Å². The molecule has 3 N–H and O–H groups in total. The number of likely N-dealkylation sites (N-methyl/N-ethyl adjacent to an activating group) is 1. The van der Waals surface area contributed by atoms with Gasteiger partial charge in [0.05, 0.1) is 11.7 Å². The number of aryl methyl sites for hydroxylation is 1. The van der Waals surface area contributed by atoms with Crippen molar-refractivity contribution in [3.8, 4) is 0 Å². The smallest absolute Gasteiger partial charge is 0.251 e. The molecule has 3 atom stereocenters. The third kappa shape index (κ3) is 4.66. The molecule has 8 heteroatoms. The van der Waals surface area contributed by atoms with Gasteiger partial charge in [0.15, 0.2) is 0 Å². The molecule has 8 nitrogen and oxygen atoms in total. The van der Waals surface area contributed by atoms with Gasteiger partial charge in [-0.2, -0.15) is 0 Å². The van der Waals surface area contributed by atoms with Crippen LogP contribution in [0.1, 0.15) is 37.9 Å². The highest BCUT2D eigenvalue weighted by Gasteiger charge is 2.42. The van der Waals surface area contributed by atoms with Crippen LogP contribution < -0.4 is 16.0 Å². The van der Waals surface area contributed by atoms with Gasteiger partial charge in [-0.3, -0.25) is 14.4 Å². The number of rotatable bonds is 7. The number of aromatic nitrogens is 1. The van der Waals surface area contributed by atoms with Crippen LogP contribution in [0, 0.1) is 5.92 Å². The van der Waals surface area contributed by atoms with Gasteiger partial charge < -0.3 is 25.4 Å². The minimum absolute atomic E-state index is 0.152. The molecule has 3 aromatic rings. The van der Waals surface area contributed by atoms with Crippen LogP contribution in [0.15, 0.2) is 54.7 Å². The Labute approximate surface area is 205 Å². The lowest BCUT2D eigenvalue weighted by molar-refractivity contribution is -0.143. The number of hydrogen-bond donors (Lipinski definition) is 3. The molecule has 35 heavy (non-hydrogen) atoms. The van der Waals surface area contributed by atoms with Crippen molar-refractivity contribution in [2.75, 3.05) is 12.4 Å². The third-order valence-corrected chi connectivity index (χ3v) is 6.78. The molecule has 0 bridgehead atoms. The molecule has 0 radical (unpaired) electrons. The maximum absolute atomic E-state index is 13.8. The summed E-state index contributed by atoms with van der Waals surface area (Å²) in [4.78, 5) is 41.7. The topological polar surface area (TPSA) is 95.5 Å². The van der Waals surface area contributed by atoms with E-state index in [1.807, 2.05) is 80.2 Å². The van der Waals surface area contributed by atoms with E-state index in [1.165, 1.54) is 0 Å². The van der Waals surface area contributed by atoms with Crippen molar-refractivity contribution in [3.63, 3.8) is 0 Å². The summed E-state index contributed by atoms with van der Waals surface area (Å²) in [6, 6.07) is 13.3. The summed E-state index contributed by atoms with van der Waals surface area (Å²) in [5.41, 5.74) is 3.43. The van der Waals surface area contributed by atoms with E-state index in [0.717, 1.165) is 22.0 Å². The van der Waals surface area contributed by atoms with Gasteiger partial charge in [-0.25, -0.2) is 0 Å². The van der Waals surface area contributed by atoms with E-state index in [2.05, 4.69) is 16.0 Å². The Balaban J connectivity index is 1.65. The Morgan fingerprint density at radius 1 is 1.00 bits per heavy atom. The highest BCUT2D eigenvalue weighted by Crippen LogP contribution is 2.36. The van der Waals surface area contributed by atoms with Crippen molar-refractivity contribution in [1.82, 2.24) is 20.1 Å². The van der Waals surface area contributed by atoms with Crippen LogP contribution >= 0.6 is 0 Å². The fourth-order valence-electron chi connectivity index (χ4n) is 4.59. The molecule has 1 aliphatic heterocycles. The van der Waals surface area contributed by atoms with Crippen molar-refractivity contribution in [1.29, 1.82) is 0 Å². The van der Waals surface area contributed by atoms with Gasteiger partial charge in [-0.05, 0) is 49.2 Å². The van der Waals surface area contributed by atoms with Crippen LogP contribution in [0.5, 0.6) is 0 Å². The number of fused-ring (bicyclic) bond motifs is 2. The zero-order valence-electron chi connectivity index (χ0n) is 20.8. The molecule has 2 aromatic carbocycles. The highest BCUT2D eigenvalue weighted by atomic mass is 16.2. The van der Waals surface area contributed by atoms with Crippen molar-refractivity contribution in [2.45, 2.75) is 45.4 Å². The second-order valence-electron chi connectivity index (χ2n) is 9.46. The lowest BCUT2D eigenvalue weighted by Crippen LogP contribution is -2.55. The van der Waals surface area contributed by atoms with Gasteiger partial charge in [0, 0.05) is 30.7 Å². The van der Waals surface area contributed by atoms with E-state index in [-0.39, 0.29) is 23.6 Å². The highest BCUT2D eigenvalue weighted by molar-refractivity contribution is 6.05. The normalized spacial score (nSPS) is 16.7. The van der Waals surface area contributed by atoms with Gasteiger partial charge in [-0.15, -0.1) is 0 Å². The Morgan fingerprint density at radius 2 is 1.74 bits per heavy atom. The lowest BCUT2D eigenvalue weighted by atomic mass is 10.0. The average molecular weight is 476 g/mol. The summed E-state index contributed by atoms with van der Waals surface area (Å²) < 4.78 is 1.99. The summed E-state index contributed by atoms with van der Waals surface area (Å²) in [5.74, 6) is -0.961. The largest absolute Gasteiger partial charge is 0.350 e. The number of carbonyl (C=O) groups excluding carboxylic acids is 3. The molecule has 0 saturated heterocycles. The zero-order valence-corrected chi connectivity index (χ0v) is 20.8. The zero-order chi connectivity index (χ0) is 25.3. The van der Waals surface area contributed by atoms with E-state index in [9.17, 15) is 14.4 Å². The number of nitrogens with zero attached hydrogens (tertiary/aromatic N) is 2. The molecule has 2 heterocycles. The molecule has 3 amide bonds. The molecule has 4 rings (SSSR count). The quantitative estimate of drug-likeness (QED) is 0.490. The van der Waals surface area contributed by atoms with Crippen molar-refractivity contribution in [3.05, 3.63) is 65.9 Å². The van der Waals surface area contributed by atoms with Crippen molar-refractivity contribution >= 4 is 34.3 Å². The Bertz CT molecular complexity index is 1260. The number of nitrogens with one attached hydrogen (secondary N) is 3. The first-order valence-corrected chi connectivity index (χ1v) is 11.9. The fourth-order valence-corrected chi connectivity index (χ4v) is 4.59. The predicted octanol–water partition coefficient (Wildman–Crippen LogP) is 2.95. The van der Waals surface area contributed by atoms with Gasteiger partial charge >= 0.3 is 0 Å². The molecular formula is C27H33N5O3. The Morgan fingerprint density at radius 3 is 2.46 bits per heavy atom. The van der Waals surface area contributed by atoms with Crippen LogP contribution in [0.3, 0.4) is 0 Å². The molecule has 1 unspecified atom stereocenters. The summed E-state index contributed by atoms with van der Waals surface area (Å²) in [6.45, 7) is 5.83. The Kier molecular flexibility index (Phi) is 6.93. The molecule has 0 fully saturated rings. The maximum Gasteiger partial charge on any atom is 0.251 e. The minimum Gasteiger partial charge on any atom is -0.350 e. The lowest BCUT2D eigenvalue weighted by Gasteiger charge is -2.31. The van der Waals surface area contributed by atoms with E-state index in [0.29, 0.717) is 12.2 Å². The van der Waals surface area contributed by atoms with Crippen LogP contribution in [-0.2, 0) is 28.0 Å². The second kappa shape index (κ2) is 9.92. The maximum atomic E-state index is 13.8. The summed E-state index contributed by atoms with van der Waals surface area (Å²) in [7, 11) is 3.65. The van der Waals surface area contributed by atoms with Gasteiger partial charge in [0.2, 0.25) is 11.8 Å². The Hall–Kier alpha value is -3.65. The van der Waals surface area contributed by atoms with Crippen LogP contribution in [0.25, 0.3) is 10.9 Å². The van der Waals surface area contributed by atoms with Crippen LogP contribution in [0.4, 0.5) is 5.69 Å². The molecular weight excluding hydrogens is 442 g/mol. The first-order valence-electron chi connectivity index (χ1n) is 11.9. The first kappa shape index (κ1) is 24.5. The van der Waals surface area contributed by atoms with Gasteiger partial charge in [0.1, 0.15) is 12.1 Å². The molecule has 1 aliphatic rings. The van der Waals surface area contributed by atoms with Crippen molar-refractivity contribution < 1.29 is 14.4 Å². The SMILES string of the molecule is CN[C@@H](C)C(=O)N[C@H](C(=O)N1Cc2ccccc2C1C(=O)Nc1cccc2c1ccn2C)C(C)C.